The fourth-order valence-corrected chi connectivity index (χ4v) is 4.73. The molecule has 2 aromatic carbocycles. The second-order valence-corrected chi connectivity index (χ2v) is 7.61. The minimum Gasteiger partial charge on any atom is -0.288 e. The second-order valence-electron chi connectivity index (χ2n) is 6.21. The fraction of sp³-hybridized carbons (Fsp3) is 0.158. The zero-order valence-electron chi connectivity index (χ0n) is 14.1. The van der Waals surface area contributed by atoms with Crippen molar-refractivity contribution in [3.05, 3.63) is 79.2 Å². The molecule has 0 saturated carbocycles. The Morgan fingerprint density at radius 2 is 1.81 bits per heavy atom. The third kappa shape index (κ3) is 2.87. The second kappa shape index (κ2) is 6.58. The quantitative estimate of drug-likeness (QED) is 0.625. The number of hydrogen-bond acceptors (Lipinski definition) is 3. The predicted octanol–water partition coefficient (Wildman–Crippen LogP) is 4.58. The zero-order valence-corrected chi connectivity index (χ0v) is 15.7. The van der Waals surface area contributed by atoms with Crippen molar-refractivity contribution in [1.82, 2.24) is 4.57 Å². The Morgan fingerprint density at radius 1 is 1.11 bits per heavy atom. The van der Waals surface area contributed by atoms with Crippen LogP contribution in [0.1, 0.15) is 22.8 Å². The van der Waals surface area contributed by atoms with Gasteiger partial charge in [0.2, 0.25) is 5.91 Å². The van der Waals surface area contributed by atoms with Crippen LogP contribution < -0.4 is 9.77 Å². The first kappa shape index (κ1) is 17.9. The van der Waals surface area contributed by atoms with E-state index in [9.17, 15) is 18.4 Å². The smallest absolute Gasteiger partial charge is 0.288 e. The molecule has 1 amide bonds. The third-order valence-corrected chi connectivity index (χ3v) is 6.06. The highest BCUT2D eigenvalue weighted by molar-refractivity contribution is 7.10. The zero-order chi connectivity index (χ0) is 19.3. The van der Waals surface area contributed by atoms with Crippen molar-refractivity contribution in [2.75, 3.05) is 4.90 Å². The van der Waals surface area contributed by atoms with Gasteiger partial charge in [0, 0.05) is 30.0 Å². The summed E-state index contributed by atoms with van der Waals surface area (Å²) in [5, 5.41) is 0.206. The van der Waals surface area contributed by atoms with Crippen LogP contribution in [0.4, 0.5) is 20.3 Å². The highest BCUT2D eigenvalue weighted by atomic mass is 35.5. The van der Waals surface area contributed by atoms with Crippen LogP contribution in [0.25, 0.3) is 0 Å². The van der Waals surface area contributed by atoms with Crippen LogP contribution in [0, 0.1) is 11.6 Å². The number of carbonyl (C=O) groups is 1. The third-order valence-electron chi connectivity index (χ3n) is 4.60. The van der Waals surface area contributed by atoms with Crippen molar-refractivity contribution in [3.8, 4) is 0 Å². The number of aromatic nitrogens is 1. The lowest BCUT2D eigenvalue weighted by atomic mass is 9.90. The standard InChI is InChI=1S/C19H13ClF2N2O2S/c1-23-18-17(27-19(23)26)12(16-13(20)3-2-4-14(16)22)9-15(25)24(18)11-7-5-10(21)6-8-11/h2-8,12H,9H2,1H3/t12-/m1/s1. The van der Waals surface area contributed by atoms with Gasteiger partial charge in [-0.1, -0.05) is 29.0 Å². The summed E-state index contributed by atoms with van der Waals surface area (Å²) in [6.07, 6.45) is -0.0506. The number of carbonyl (C=O) groups excluding carboxylic acids is 1. The van der Waals surface area contributed by atoms with Crippen LogP contribution in [0.15, 0.2) is 47.3 Å². The molecule has 0 saturated heterocycles. The van der Waals surface area contributed by atoms with Crippen LogP contribution in [0.5, 0.6) is 0 Å². The maximum absolute atomic E-state index is 14.5. The Labute approximate surface area is 162 Å². The van der Waals surface area contributed by atoms with Gasteiger partial charge in [0.1, 0.15) is 17.5 Å². The van der Waals surface area contributed by atoms with Gasteiger partial charge < -0.3 is 0 Å². The molecule has 0 unspecified atom stereocenters. The summed E-state index contributed by atoms with van der Waals surface area (Å²) in [7, 11) is 1.55. The van der Waals surface area contributed by atoms with E-state index in [1.165, 1.54) is 45.9 Å². The molecule has 1 atom stereocenters. The molecule has 2 heterocycles. The SMILES string of the molecule is Cn1c2c(sc1=O)[C@@H](c1c(F)cccc1Cl)CC(=O)N2c1ccc(F)cc1. The molecule has 0 fully saturated rings. The largest absolute Gasteiger partial charge is 0.308 e. The molecule has 4 nitrogen and oxygen atoms in total. The average molecular weight is 407 g/mol. The molecule has 0 spiro atoms. The van der Waals surface area contributed by atoms with Gasteiger partial charge >= 0.3 is 4.87 Å². The maximum atomic E-state index is 14.5. The highest BCUT2D eigenvalue weighted by Crippen LogP contribution is 2.46. The number of anilines is 2. The van der Waals surface area contributed by atoms with E-state index in [2.05, 4.69) is 0 Å². The first-order valence-corrected chi connectivity index (χ1v) is 9.30. The van der Waals surface area contributed by atoms with E-state index in [-0.39, 0.29) is 27.8 Å². The van der Waals surface area contributed by atoms with Crippen molar-refractivity contribution in [3.63, 3.8) is 0 Å². The number of hydrogen-bond donors (Lipinski definition) is 0. The van der Waals surface area contributed by atoms with Gasteiger partial charge in [-0.25, -0.2) is 8.78 Å². The van der Waals surface area contributed by atoms with Crippen LogP contribution in [0.2, 0.25) is 5.02 Å². The van der Waals surface area contributed by atoms with Crippen LogP contribution in [0.3, 0.4) is 0 Å². The molecule has 4 rings (SSSR count). The monoisotopic (exact) mass is 406 g/mol. The number of benzene rings is 2. The molecular weight excluding hydrogens is 394 g/mol. The minimum absolute atomic E-state index is 0.0506. The van der Waals surface area contributed by atoms with E-state index in [0.29, 0.717) is 16.4 Å². The first-order chi connectivity index (χ1) is 12.9. The van der Waals surface area contributed by atoms with Crippen molar-refractivity contribution in [2.45, 2.75) is 12.3 Å². The van der Waals surface area contributed by atoms with Gasteiger partial charge in [0.05, 0.1) is 10.6 Å². The molecule has 27 heavy (non-hydrogen) atoms. The number of amides is 1. The Bertz CT molecular complexity index is 1090. The van der Waals surface area contributed by atoms with Gasteiger partial charge in [-0.3, -0.25) is 19.1 Å². The summed E-state index contributed by atoms with van der Waals surface area (Å²) >= 11 is 7.16. The molecule has 0 N–H and O–H groups in total. The molecule has 3 aromatic rings. The van der Waals surface area contributed by atoms with Gasteiger partial charge in [-0.05, 0) is 36.4 Å². The molecule has 0 bridgehead atoms. The molecule has 8 heteroatoms. The number of thiazole rings is 1. The van der Waals surface area contributed by atoms with Crippen molar-refractivity contribution in [2.24, 2.45) is 7.05 Å². The van der Waals surface area contributed by atoms with Crippen LogP contribution in [-0.2, 0) is 11.8 Å². The number of halogens is 3. The molecule has 1 aliphatic heterocycles. The van der Waals surface area contributed by atoms with E-state index in [4.69, 9.17) is 11.6 Å². The van der Waals surface area contributed by atoms with E-state index in [1.54, 1.807) is 13.1 Å². The topological polar surface area (TPSA) is 42.3 Å². The summed E-state index contributed by atoms with van der Waals surface area (Å²) in [4.78, 5) is 27.0. The summed E-state index contributed by atoms with van der Waals surface area (Å²) in [5.74, 6) is -1.58. The fourth-order valence-electron chi connectivity index (χ4n) is 3.36. The Balaban J connectivity index is 1.94. The van der Waals surface area contributed by atoms with Crippen molar-refractivity contribution in [1.29, 1.82) is 0 Å². The molecule has 1 aromatic heterocycles. The summed E-state index contributed by atoms with van der Waals surface area (Å²) in [6, 6.07) is 9.75. The first-order valence-electron chi connectivity index (χ1n) is 8.10. The van der Waals surface area contributed by atoms with E-state index in [1.807, 2.05) is 0 Å². The van der Waals surface area contributed by atoms with E-state index < -0.39 is 17.6 Å². The number of fused-ring (bicyclic) bond motifs is 1. The summed E-state index contributed by atoms with van der Waals surface area (Å²) in [5.41, 5.74) is 0.642. The highest BCUT2D eigenvalue weighted by Gasteiger charge is 2.39. The summed E-state index contributed by atoms with van der Waals surface area (Å²) < 4.78 is 29.1. The lowest BCUT2D eigenvalue weighted by molar-refractivity contribution is -0.118. The lowest BCUT2D eigenvalue weighted by Gasteiger charge is -2.32. The maximum Gasteiger partial charge on any atom is 0.308 e. The Morgan fingerprint density at radius 3 is 2.48 bits per heavy atom. The average Bonchev–Trinajstić information content (AvgIpc) is 2.92. The molecule has 0 radical (unpaired) electrons. The minimum atomic E-state index is -0.656. The van der Waals surface area contributed by atoms with Gasteiger partial charge in [-0.2, -0.15) is 0 Å². The molecule has 1 aliphatic rings. The molecule has 138 valence electrons. The molecular formula is C19H13ClF2N2O2S. The van der Waals surface area contributed by atoms with Crippen molar-refractivity contribution < 1.29 is 13.6 Å². The van der Waals surface area contributed by atoms with Gasteiger partial charge in [0.25, 0.3) is 0 Å². The van der Waals surface area contributed by atoms with Gasteiger partial charge in [0.15, 0.2) is 0 Å². The number of rotatable bonds is 2. The van der Waals surface area contributed by atoms with E-state index >= 15 is 0 Å². The predicted molar refractivity (Wildman–Crippen MR) is 101 cm³/mol. The van der Waals surface area contributed by atoms with Crippen LogP contribution in [-0.4, -0.2) is 10.5 Å². The Kier molecular flexibility index (Phi) is 4.36. The lowest BCUT2D eigenvalue weighted by Crippen LogP contribution is -2.35. The van der Waals surface area contributed by atoms with Crippen molar-refractivity contribution >= 4 is 40.4 Å². The Hall–Kier alpha value is -2.51. The van der Waals surface area contributed by atoms with E-state index in [0.717, 1.165) is 11.3 Å². The van der Waals surface area contributed by atoms with Crippen LogP contribution >= 0.6 is 22.9 Å². The normalized spacial score (nSPS) is 16.5. The number of nitrogens with zero attached hydrogens (tertiary/aromatic N) is 2. The molecule has 0 aliphatic carbocycles. The summed E-state index contributed by atoms with van der Waals surface area (Å²) in [6.45, 7) is 0. The van der Waals surface area contributed by atoms with Gasteiger partial charge in [-0.15, -0.1) is 0 Å².